The summed E-state index contributed by atoms with van der Waals surface area (Å²) in [4.78, 5) is 3.00. The van der Waals surface area contributed by atoms with Crippen molar-refractivity contribution in [2.45, 2.75) is 6.42 Å². The zero-order valence-corrected chi connectivity index (χ0v) is 5.12. The number of hydrogen-bond donors (Lipinski definition) is 3. The molecule has 0 amide bonds. The van der Waals surface area contributed by atoms with Crippen molar-refractivity contribution in [3.05, 3.63) is 0 Å². The van der Waals surface area contributed by atoms with Crippen LogP contribution < -0.4 is 15.6 Å². The van der Waals surface area contributed by atoms with Gasteiger partial charge in [-0.25, -0.2) is 0 Å². The molecule has 1 saturated heterocycles. The first-order valence-electron chi connectivity index (χ1n) is 2.96. The van der Waals surface area contributed by atoms with E-state index in [0.717, 1.165) is 19.0 Å². The number of guanidine groups is 1. The molecule has 8 heavy (non-hydrogen) atoms. The third-order valence-corrected chi connectivity index (χ3v) is 1.21. The lowest BCUT2D eigenvalue weighted by molar-refractivity contribution is -0.425. The van der Waals surface area contributed by atoms with E-state index in [9.17, 15) is 0 Å². The normalized spacial score (nSPS) is 18.9. The maximum absolute atomic E-state index is 3.16. The summed E-state index contributed by atoms with van der Waals surface area (Å²) in [6, 6.07) is 0. The van der Waals surface area contributed by atoms with E-state index in [1.165, 1.54) is 6.42 Å². The summed E-state index contributed by atoms with van der Waals surface area (Å²) in [6.07, 6.45) is 1.21. The molecule has 0 bridgehead atoms. The Balaban J connectivity index is 2.33. The molecule has 0 unspecified atom stereocenters. The van der Waals surface area contributed by atoms with Gasteiger partial charge in [0.1, 0.15) is 0 Å². The minimum absolute atomic E-state index is 1.05. The maximum atomic E-state index is 3.16. The van der Waals surface area contributed by atoms with Gasteiger partial charge in [-0.15, -0.1) is 0 Å². The van der Waals surface area contributed by atoms with E-state index in [4.69, 9.17) is 0 Å². The molecule has 0 aliphatic carbocycles. The van der Waals surface area contributed by atoms with Gasteiger partial charge in [-0.1, -0.05) is 0 Å². The van der Waals surface area contributed by atoms with E-state index in [1.807, 2.05) is 7.05 Å². The second kappa shape index (κ2) is 2.55. The number of hydrogen-bond acceptors (Lipinski definition) is 0. The second-order valence-corrected chi connectivity index (χ2v) is 1.83. The Hall–Kier alpha value is -0.730. The molecular weight excluding hydrogens is 102 g/mol. The van der Waals surface area contributed by atoms with E-state index in [-0.39, 0.29) is 0 Å². The van der Waals surface area contributed by atoms with Gasteiger partial charge in [0, 0.05) is 6.42 Å². The molecule has 0 radical (unpaired) electrons. The molecule has 1 aliphatic rings. The van der Waals surface area contributed by atoms with Gasteiger partial charge in [-0.3, -0.25) is 15.6 Å². The first-order valence-corrected chi connectivity index (χ1v) is 2.96. The van der Waals surface area contributed by atoms with Crippen molar-refractivity contribution in [2.24, 2.45) is 0 Å². The molecule has 1 rings (SSSR count). The highest BCUT2D eigenvalue weighted by Gasteiger charge is 2.07. The molecule has 3 heteroatoms. The minimum Gasteiger partial charge on any atom is -0.281 e. The molecule has 1 heterocycles. The average Bonchev–Trinajstić information content (AvgIpc) is 1.90. The van der Waals surface area contributed by atoms with Gasteiger partial charge in [0.2, 0.25) is 0 Å². The summed E-state index contributed by atoms with van der Waals surface area (Å²) >= 11 is 0. The zero-order valence-electron chi connectivity index (χ0n) is 5.12. The summed E-state index contributed by atoms with van der Waals surface area (Å²) in [6.45, 7) is 2.17. The summed E-state index contributed by atoms with van der Waals surface area (Å²) in [5, 5.41) is 6.33. The molecule has 3 nitrogen and oxygen atoms in total. The molecule has 46 valence electrons. The van der Waals surface area contributed by atoms with Crippen LogP contribution in [-0.2, 0) is 0 Å². The summed E-state index contributed by atoms with van der Waals surface area (Å²) in [5.74, 6) is 1.05. The third-order valence-electron chi connectivity index (χ3n) is 1.21. The average molecular weight is 114 g/mol. The smallest absolute Gasteiger partial charge is 0.281 e. The van der Waals surface area contributed by atoms with Gasteiger partial charge < -0.3 is 0 Å². The van der Waals surface area contributed by atoms with Crippen LogP contribution in [-0.4, -0.2) is 26.1 Å². The van der Waals surface area contributed by atoms with Gasteiger partial charge in [0.15, 0.2) is 0 Å². The van der Waals surface area contributed by atoms with E-state index < -0.39 is 0 Å². The SMILES string of the molecule is C[NH+]=C1NCCCN1. The molecule has 0 saturated carbocycles. The highest BCUT2D eigenvalue weighted by Crippen LogP contribution is 1.76. The lowest BCUT2D eigenvalue weighted by atomic mass is 10.4. The maximum Gasteiger partial charge on any atom is 0.343 e. The summed E-state index contributed by atoms with van der Waals surface area (Å²) in [7, 11) is 1.90. The fourth-order valence-electron chi connectivity index (χ4n) is 0.754. The summed E-state index contributed by atoms with van der Waals surface area (Å²) < 4.78 is 0. The van der Waals surface area contributed by atoms with E-state index in [1.54, 1.807) is 0 Å². The van der Waals surface area contributed by atoms with Crippen molar-refractivity contribution in [3.63, 3.8) is 0 Å². The van der Waals surface area contributed by atoms with Gasteiger partial charge in [0.05, 0.1) is 20.1 Å². The Morgan fingerprint density at radius 2 is 2.00 bits per heavy atom. The highest BCUT2D eigenvalue weighted by atomic mass is 15.2. The van der Waals surface area contributed by atoms with Crippen molar-refractivity contribution in [2.75, 3.05) is 20.1 Å². The number of nitrogens with one attached hydrogen (secondary N) is 3. The largest absolute Gasteiger partial charge is 0.343 e. The first kappa shape index (κ1) is 5.41. The fourth-order valence-corrected chi connectivity index (χ4v) is 0.754. The van der Waals surface area contributed by atoms with Gasteiger partial charge in [-0.05, 0) is 0 Å². The van der Waals surface area contributed by atoms with Crippen LogP contribution in [0, 0.1) is 0 Å². The van der Waals surface area contributed by atoms with Crippen molar-refractivity contribution < 1.29 is 4.99 Å². The Labute approximate surface area is 49.2 Å². The number of rotatable bonds is 0. The summed E-state index contributed by atoms with van der Waals surface area (Å²) in [5.41, 5.74) is 0. The molecule has 0 aromatic carbocycles. The van der Waals surface area contributed by atoms with Gasteiger partial charge in [0.25, 0.3) is 0 Å². The van der Waals surface area contributed by atoms with Crippen LogP contribution in [0.4, 0.5) is 0 Å². The van der Waals surface area contributed by atoms with E-state index in [0.29, 0.717) is 0 Å². The first-order chi connectivity index (χ1) is 3.93. The van der Waals surface area contributed by atoms with Crippen LogP contribution in [0.5, 0.6) is 0 Å². The quantitative estimate of drug-likeness (QED) is 0.329. The Morgan fingerprint density at radius 1 is 1.38 bits per heavy atom. The zero-order chi connectivity index (χ0) is 5.82. The predicted molar refractivity (Wildman–Crippen MR) is 32.5 cm³/mol. The molecule has 0 atom stereocenters. The molecule has 0 spiro atoms. The highest BCUT2D eigenvalue weighted by molar-refractivity contribution is 5.74. The van der Waals surface area contributed by atoms with Crippen molar-refractivity contribution in [1.82, 2.24) is 10.6 Å². The van der Waals surface area contributed by atoms with Crippen molar-refractivity contribution in [3.8, 4) is 0 Å². The van der Waals surface area contributed by atoms with Crippen molar-refractivity contribution in [1.29, 1.82) is 0 Å². The fraction of sp³-hybridized carbons (Fsp3) is 0.800. The van der Waals surface area contributed by atoms with Crippen LogP contribution in [0.15, 0.2) is 0 Å². The molecule has 3 N–H and O–H groups in total. The van der Waals surface area contributed by atoms with Crippen LogP contribution in [0.1, 0.15) is 6.42 Å². The topological polar surface area (TPSA) is 38.0 Å². The molecule has 0 aromatic rings. The van der Waals surface area contributed by atoms with Crippen molar-refractivity contribution >= 4 is 5.96 Å². The molecule has 1 fully saturated rings. The Kier molecular flexibility index (Phi) is 1.72. The minimum atomic E-state index is 1.05. The molecular formula is C5H12N3+. The predicted octanol–water partition coefficient (Wildman–Crippen LogP) is -2.36. The lowest BCUT2D eigenvalue weighted by Crippen LogP contribution is -2.77. The molecule has 0 aromatic heterocycles. The van der Waals surface area contributed by atoms with Crippen LogP contribution in [0.3, 0.4) is 0 Å². The molecule has 1 aliphatic heterocycles. The lowest BCUT2D eigenvalue weighted by Gasteiger charge is -2.08. The monoisotopic (exact) mass is 114 g/mol. The Bertz CT molecular complexity index is 89.8. The van der Waals surface area contributed by atoms with Gasteiger partial charge >= 0.3 is 5.96 Å². The van der Waals surface area contributed by atoms with Gasteiger partial charge in [-0.2, -0.15) is 0 Å². The van der Waals surface area contributed by atoms with E-state index in [2.05, 4.69) is 15.6 Å². The third kappa shape index (κ3) is 1.12. The van der Waals surface area contributed by atoms with Crippen LogP contribution >= 0.6 is 0 Å². The Morgan fingerprint density at radius 3 is 2.38 bits per heavy atom. The standard InChI is InChI=1S/C5H11N3/c1-6-5-7-3-2-4-8-5/h2-4H2,1H3,(H2,6,7,8)/p+1. The van der Waals surface area contributed by atoms with Crippen LogP contribution in [0.25, 0.3) is 0 Å². The van der Waals surface area contributed by atoms with E-state index >= 15 is 0 Å². The second-order valence-electron chi connectivity index (χ2n) is 1.83. The van der Waals surface area contributed by atoms with Crippen LogP contribution in [0.2, 0.25) is 0 Å².